The molecule has 2 aromatic heterocycles. The van der Waals surface area contributed by atoms with Gasteiger partial charge in [0.2, 0.25) is 5.82 Å². The van der Waals surface area contributed by atoms with Crippen molar-refractivity contribution in [1.29, 1.82) is 0 Å². The zero-order valence-corrected chi connectivity index (χ0v) is 18.8. The second kappa shape index (κ2) is 8.45. The van der Waals surface area contributed by atoms with Gasteiger partial charge in [-0.05, 0) is 36.1 Å². The number of nitrogen functional groups attached to an aromatic ring is 1. The minimum Gasteiger partial charge on any atom is -0.382 e. The Morgan fingerprint density at radius 2 is 1.50 bits per heavy atom. The molecule has 0 aliphatic rings. The molecule has 2 heterocycles. The van der Waals surface area contributed by atoms with E-state index < -0.39 is 5.41 Å². The van der Waals surface area contributed by atoms with Crippen LogP contribution in [-0.4, -0.2) is 19.5 Å². The van der Waals surface area contributed by atoms with Crippen LogP contribution in [0.2, 0.25) is 0 Å². The van der Waals surface area contributed by atoms with E-state index in [-0.39, 0.29) is 11.6 Å². The van der Waals surface area contributed by atoms with Crippen molar-refractivity contribution in [3.8, 4) is 23.2 Å². The second-order valence-corrected chi connectivity index (χ2v) is 8.22. The first-order chi connectivity index (χ1) is 16.5. The standard InChI is InChI=1S/C28H22FN5/c1-28(20-11-5-3-6-12-20,21-13-7-4-8-14-21)17-16-23-31-25(30)24-27(32-23)34(2)26(33-24)19-10-9-15-22(29)18-19/h3-15,18H,1-2H3,(H2,30,31,32). The maximum atomic E-state index is 13.8. The second-order valence-electron chi connectivity index (χ2n) is 8.22. The first-order valence-corrected chi connectivity index (χ1v) is 10.9. The normalized spacial score (nSPS) is 11.3. The maximum Gasteiger partial charge on any atom is 0.209 e. The number of nitrogens with zero attached hydrogens (tertiary/aromatic N) is 4. The van der Waals surface area contributed by atoms with Crippen LogP contribution < -0.4 is 5.73 Å². The summed E-state index contributed by atoms with van der Waals surface area (Å²) in [6, 6.07) is 26.5. The van der Waals surface area contributed by atoms with Gasteiger partial charge in [0.25, 0.3) is 0 Å². The number of halogens is 1. The monoisotopic (exact) mass is 447 g/mol. The average Bonchev–Trinajstić information content (AvgIpc) is 3.20. The van der Waals surface area contributed by atoms with Gasteiger partial charge in [-0.3, -0.25) is 0 Å². The number of benzene rings is 3. The number of nitrogens with two attached hydrogens (primary N) is 1. The summed E-state index contributed by atoms with van der Waals surface area (Å²) in [4.78, 5) is 13.6. The lowest BCUT2D eigenvalue weighted by Crippen LogP contribution is -2.21. The topological polar surface area (TPSA) is 69.6 Å². The van der Waals surface area contributed by atoms with Crippen LogP contribution in [0, 0.1) is 17.7 Å². The summed E-state index contributed by atoms with van der Waals surface area (Å²) in [6.07, 6.45) is 0. The number of hydrogen-bond acceptors (Lipinski definition) is 4. The van der Waals surface area contributed by atoms with E-state index in [1.165, 1.54) is 12.1 Å². The smallest absolute Gasteiger partial charge is 0.209 e. The molecule has 6 heteroatoms. The van der Waals surface area contributed by atoms with Crippen LogP contribution >= 0.6 is 0 Å². The molecule has 0 spiro atoms. The van der Waals surface area contributed by atoms with E-state index in [0.717, 1.165) is 11.1 Å². The Morgan fingerprint density at radius 1 is 0.853 bits per heavy atom. The van der Waals surface area contributed by atoms with Crippen LogP contribution in [0.15, 0.2) is 84.9 Å². The molecule has 5 aromatic rings. The number of fused-ring (bicyclic) bond motifs is 1. The van der Waals surface area contributed by atoms with E-state index in [4.69, 9.17) is 5.73 Å². The number of hydrogen-bond donors (Lipinski definition) is 1. The van der Waals surface area contributed by atoms with Crippen LogP contribution in [0.3, 0.4) is 0 Å². The molecule has 0 aliphatic heterocycles. The van der Waals surface area contributed by atoms with Gasteiger partial charge < -0.3 is 10.3 Å². The zero-order chi connectivity index (χ0) is 23.7. The lowest BCUT2D eigenvalue weighted by molar-refractivity contribution is 0.628. The van der Waals surface area contributed by atoms with Gasteiger partial charge in [0.1, 0.15) is 11.6 Å². The Hall–Kier alpha value is -4.50. The Kier molecular flexibility index (Phi) is 5.31. The van der Waals surface area contributed by atoms with Crippen molar-refractivity contribution in [2.45, 2.75) is 12.3 Å². The summed E-state index contributed by atoms with van der Waals surface area (Å²) in [6.45, 7) is 2.08. The van der Waals surface area contributed by atoms with E-state index in [0.29, 0.717) is 28.4 Å². The molecule has 0 atom stereocenters. The fraction of sp³-hybridized carbons (Fsp3) is 0.107. The maximum absolute atomic E-state index is 13.8. The number of imidazole rings is 1. The molecule has 3 aromatic carbocycles. The van der Waals surface area contributed by atoms with Gasteiger partial charge in [-0.25, -0.2) is 19.3 Å². The van der Waals surface area contributed by atoms with Crippen molar-refractivity contribution in [2.24, 2.45) is 7.05 Å². The quantitative estimate of drug-likeness (QED) is 0.390. The van der Waals surface area contributed by atoms with Gasteiger partial charge in [-0.2, -0.15) is 0 Å². The molecule has 0 saturated carbocycles. The summed E-state index contributed by atoms with van der Waals surface area (Å²) in [5.41, 5.74) is 9.43. The molecule has 34 heavy (non-hydrogen) atoms. The van der Waals surface area contributed by atoms with Crippen molar-refractivity contribution in [1.82, 2.24) is 19.5 Å². The summed E-state index contributed by atoms with van der Waals surface area (Å²) < 4.78 is 15.5. The SMILES string of the molecule is Cn1c(-c2cccc(F)c2)nc2c(N)nc(C#CC(C)(c3ccccc3)c3ccccc3)nc21. The number of aromatic nitrogens is 4. The van der Waals surface area contributed by atoms with Gasteiger partial charge in [-0.1, -0.05) is 78.7 Å². The van der Waals surface area contributed by atoms with Gasteiger partial charge in [0.05, 0.1) is 5.41 Å². The van der Waals surface area contributed by atoms with E-state index in [9.17, 15) is 4.39 Å². The third kappa shape index (κ3) is 3.78. The molecular formula is C28H22FN5. The number of aryl methyl sites for hydroxylation is 1. The highest BCUT2D eigenvalue weighted by Gasteiger charge is 2.26. The molecule has 0 unspecified atom stereocenters. The highest BCUT2D eigenvalue weighted by atomic mass is 19.1. The molecule has 5 rings (SSSR count). The van der Waals surface area contributed by atoms with Gasteiger partial charge in [0.15, 0.2) is 17.0 Å². The summed E-state index contributed by atoms with van der Waals surface area (Å²) in [5, 5.41) is 0. The van der Waals surface area contributed by atoms with Crippen LogP contribution in [-0.2, 0) is 12.5 Å². The Morgan fingerprint density at radius 3 is 2.12 bits per heavy atom. The van der Waals surface area contributed by atoms with Gasteiger partial charge >= 0.3 is 0 Å². The zero-order valence-electron chi connectivity index (χ0n) is 18.8. The Bertz CT molecular complexity index is 1510. The van der Waals surface area contributed by atoms with Crippen LogP contribution in [0.25, 0.3) is 22.6 Å². The van der Waals surface area contributed by atoms with Crippen molar-refractivity contribution in [2.75, 3.05) is 5.73 Å². The molecule has 2 N–H and O–H groups in total. The van der Waals surface area contributed by atoms with E-state index in [2.05, 4.69) is 58.0 Å². The molecule has 0 bridgehead atoms. The molecule has 0 aliphatic carbocycles. The first-order valence-electron chi connectivity index (χ1n) is 10.9. The highest BCUT2D eigenvalue weighted by Crippen LogP contribution is 2.31. The summed E-state index contributed by atoms with van der Waals surface area (Å²) in [7, 11) is 1.82. The molecule has 166 valence electrons. The molecule has 0 radical (unpaired) electrons. The van der Waals surface area contributed by atoms with E-state index in [1.807, 2.05) is 43.4 Å². The van der Waals surface area contributed by atoms with E-state index in [1.54, 1.807) is 16.7 Å². The predicted octanol–water partition coefficient (Wildman–Crippen LogP) is 5.11. The third-order valence-corrected chi connectivity index (χ3v) is 5.96. The lowest BCUT2D eigenvalue weighted by atomic mass is 9.77. The fourth-order valence-corrected chi connectivity index (χ4v) is 4.06. The Balaban J connectivity index is 1.63. The molecule has 0 amide bonds. The molecule has 5 nitrogen and oxygen atoms in total. The van der Waals surface area contributed by atoms with Crippen LogP contribution in [0.4, 0.5) is 10.2 Å². The van der Waals surface area contributed by atoms with Gasteiger partial charge in [-0.15, -0.1) is 0 Å². The van der Waals surface area contributed by atoms with Crippen molar-refractivity contribution < 1.29 is 4.39 Å². The van der Waals surface area contributed by atoms with Gasteiger partial charge in [0, 0.05) is 12.6 Å². The highest BCUT2D eigenvalue weighted by molar-refractivity contribution is 5.85. The first kappa shape index (κ1) is 21.4. The van der Waals surface area contributed by atoms with Crippen molar-refractivity contribution in [3.63, 3.8) is 0 Å². The van der Waals surface area contributed by atoms with Crippen LogP contribution in [0.5, 0.6) is 0 Å². The van der Waals surface area contributed by atoms with Crippen molar-refractivity contribution >= 4 is 17.0 Å². The minimum absolute atomic E-state index is 0.230. The third-order valence-electron chi connectivity index (χ3n) is 5.96. The molecule has 0 saturated heterocycles. The van der Waals surface area contributed by atoms with Crippen LogP contribution in [0.1, 0.15) is 23.9 Å². The fourth-order valence-electron chi connectivity index (χ4n) is 4.06. The Labute approximate surface area is 197 Å². The number of rotatable bonds is 3. The van der Waals surface area contributed by atoms with Crippen molar-refractivity contribution in [3.05, 3.63) is 108 Å². The average molecular weight is 448 g/mol. The predicted molar refractivity (Wildman–Crippen MR) is 132 cm³/mol. The van der Waals surface area contributed by atoms with E-state index >= 15 is 0 Å². The largest absolute Gasteiger partial charge is 0.382 e. The summed E-state index contributed by atoms with van der Waals surface area (Å²) in [5.74, 6) is 7.29. The summed E-state index contributed by atoms with van der Waals surface area (Å²) >= 11 is 0. The number of anilines is 1. The lowest BCUT2D eigenvalue weighted by Gasteiger charge is -2.25. The molecule has 0 fully saturated rings. The minimum atomic E-state index is -0.575. The molecular weight excluding hydrogens is 425 g/mol.